The second-order valence-electron chi connectivity index (χ2n) is 3.74. The lowest BCUT2D eigenvalue weighted by atomic mass is 9.70. The van der Waals surface area contributed by atoms with Crippen LogP contribution in [0, 0.1) is 0 Å². The Hall–Kier alpha value is -0.300. The fourth-order valence-electron chi connectivity index (χ4n) is 2.09. The van der Waals surface area contributed by atoms with Crippen molar-refractivity contribution < 1.29 is 0 Å². The monoisotopic (exact) mass is 137 g/mol. The van der Waals surface area contributed by atoms with Gasteiger partial charge in [-0.25, -0.2) is 0 Å². The van der Waals surface area contributed by atoms with Crippen LogP contribution in [0.25, 0.3) is 0 Å². The summed E-state index contributed by atoms with van der Waals surface area (Å²) >= 11 is 0. The van der Waals surface area contributed by atoms with Gasteiger partial charge in [-0.1, -0.05) is 12.2 Å². The van der Waals surface area contributed by atoms with Crippen LogP contribution >= 0.6 is 0 Å². The van der Waals surface area contributed by atoms with Gasteiger partial charge in [0.2, 0.25) is 0 Å². The van der Waals surface area contributed by atoms with E-state index in [1.54, 1.807) is 0 Å². The van der Waals surface area contributed by atoms with E-state index in [0.29, 0.717) is 5.54 Å². The second kappa shape index (κ2) is 2.09. The van der Waals surface area contributed by atoms with E-state index in [1.165, 1.54) is 44.2 Å². The van der Waals surface area contributed by atoms with Gasteiger partial charge in [0.05, 0.1) is 0 Å². The lowest BCUT2D eigenvalue weighted by Crippen LogP contribution is -2.53. The first-order chi connectivity index (χ1) is 4.81. The Balaban J connectivity index is 2.02. The van der Waals surface area contributed by atoms with Crippen LogP contribution in [-0.4, -0.2) is 12.1 Å². The zero-order valence-corrected chi connectivity index (χ0v) is 6.45. The molecule has 2 rings (SSSR count). The Morgan fingerprint density at radius 3 is 2.60 bits per heavy atom. The number of piperidine rings is 1. The summed E-state index contributed by atoms with van der Waals surface area (Å²) in [4.78, 5) is 0. The highest BCUT2D eigenvalue weighted by Crippen LogP contribution is 2.39. The molecule has 10 heavy (non-hydrogen) atoms. The second-order valence-corrected chi connectivity index (χ2v) is 3.74. The van der Waals surface area contributed by atoms with E-state index in [2.05, 4.69) is 11.9 Å². The third-order valence-corrected chi connectivity index (χ3v) is 2.88. The maximum Gasteiger partial charge on any atom is 0.0218 e. The molecule has 2 aliphatic rings. The van der Waals surface area contributed by atoms with Crippen LogP contribution in [0.3, 0.4) is 0 Å². The van der Waals surface area contributed by atoms with Crippen molar-refractivity contribution >= 4 is 0 Å². The largest absolute Gasteiger partial charge is 0.311 e. The molecule has 0 bridgehead atoms. The number of hydrogen-bond acceptors (Lipinski definition) is 1. The van der Waals surface area contributed by atoms with Crippen molar-refractivity contribution in [2.75, 3.05) is 6.54 Å². The zero-order chi connectivity index (χ0) is 7.03. The van der Waals surface area contributed by atoms with E-state index in [9.17, 15) is 0 Å². The molecule has 0 unspecified atom stereocenters. The molecule has 0 radical (unpaired) electrons. The Morgan fingerprint density at radius 1 is 1.40 bits per heavy atom. The summed E-state index contributed by atoms with van der Waals surface area (Å²) in [5.41, 5.74) is 1.98. The highest BCUT2D eigenvalue weighted by atomic mass is 15.0. The molecule has 1 N–H and O–H groups in total. The average Bonchev–Trinajstić information content (AvgIpc) is 1.85. The van der Waals surface area contributed by atoms with Gasteiger partial charge in [-0.2, -0.15) is 0 Å². The smallest absolute Gasteiger partial charge is 0.0218 e. The predicted molar refractivity (Wildman–Crippen MR) is 43.0 cm³/mol. The summed E-state index contributed by atoms with van der Waals surface area (Å²) in [5.74, 6) is 0. The van der Waals surface area contributed by atoms with Crippen molar-refractivity contribution in [3.05, 3.63) is 12.2 Å². The van der Waals surface area contributed by atoms with Gasteiger partial charge in [-0.3, -0.25) is 0 Å². The number of nitrogens with one attached hydrogen (secondary N) is 1. The molecule has 1 saturated carbocycles. The number of hydrogen-bond donors (Lipinski definition) is 1. The number of rotatable bonds is 0. The van der Waals surface area contributed by atoms with Crippen molar-refractivity contribution in [3.8, 4) is 0 Å². The van der Waals surface area contributed by atoms with Crippen LogP contribution in [0.5, 0.6) is 0 Å². The van der Waals surface area contributed by atoms with E-state index in [-0.39, 0.29) is 0 Å². The molecule has 0 aromatic carbocycles. The molecule has 0 aromatic heterocycles. The lowest BCUT2D eigenvalue weighted by molar-refractivity contribution is 0.168. The summed E-state index contributed by atoms with van der Waals surface area (Å²) in [6.07, 6.45) is 6.62. The van der Waals surface area contributed by atoms with Crippen LogP contribution in [0.1, 0.15) is 32.1 Å². The molecule has 1 aliphatic heterocycles. The fraction of sp³-hybridized carbons (Fsp3) is 0.778. The standard InChI is InChI=1S/C9H15N/c1-8-3-6-10-9(7-8)4-2-5-9/h10H,1-7H2. The molecule has 1 nitrogen and oxygen atoms in total. The molecular formula is C9H15N. The Kier molecular flexibility index (Phi) is 1.34. The molecule has 0 atom stereocenters. The minimum atomic E-state index is 0.523. The maximum atomic E-state index is 4.05. The molecule has 1 aliphatic carbocycles. The van der Waals surface area contributed by atoms with E-state index in [4.69, 9.17) is 0 Å². The summed E-state index contributed by atoms with van der Waals surface area (Å²) < 4.78 is 0. The molecule has 0 amide bonds. The summed E-state index contributed by atoms with van der Waals surface area (Å²) in [5, 5.41) is 3.60. The van der Waals surface area contributed by atoms with Gasteiger partial charge in [-0.05, 0) is 38.6 Å². The average molecular weight is 137 g/mol. The van der Waals surface area contributed by atoms with Gasteiger partial charge in [0.25, 0.3) is 0 Å². The topological polar surface area (TPSA) is 12.0 Å². The van der Waals surface area contributed by atoms with Gasteiger partial charge >= 0.3 is 0 Å². The van der Waals surface area contributed by atoms with Crippen LogP contribution in [0.2, 0.25) is 0 Å². The molecule has 1 spiro atoms. The summed E-state index contributed by atoms with van der Waals surface area (Å²) in [6, 6.07) is 0. The maximum absolute atomic E-state index is 4.05. The van der Waals surface area contributed by atoms with Gasteiger partial charge in [0.1, 0.15) is 0 Å². The summed E-state index contributed by atoms with van der Waals surface area (Å²) in [7, 11) is 0. The van der Waals surface area contributed by atoms with E-state index in [1.807, 2.05) is 0 Å². The van der Waals surface area contributed by atoms with Crippen LogP contribution in [0.15, 0.2) is 12.2 Å². The first kappa shape index (κ1) is 6.41. The minimum absolute atomic E-state index is 0.523. The van der Waals surface area contributed by atoms with Gasteiger partial charge < -0.3 is 5.32 Å². The predicted octanol–water partition coefficient (Wildman–Crippen LogP) is 1.85. The first-order valence-electron chi connectivity index (χ1n) is 4.22. The normalized spacial score (nSPS) is 30.2. The SMILES string of the molecule is C=C1CCNC2(CCC2)C1. The molecule has 0 aromatic rings. The first-order valence-corrected chi connectivity index (χ1v) is 4.22. The quantitative estimate of drug-likeness (QED) is 0.502. The Morgan fingerprint density at radius 2 is 2.20 bits per heavy atom. The highest BCUT2D eigenvalue weighted by molar-refractivity contribution is 5.12. The van der Waals surface area contributed by atoms with Crippen molar-refractivity contribution in [1.29, 1.82) is 0 Å². The van der Waals surface area contributed by atoms with Gasteiger partial charge in [0.15, 0.2) is 0 Å². The van der Waals surface area contributed by atoms with Crippen LogP contribution in [-0.2, 0) is 0 Å². The van der Waals surface area contributed by atoms with Crippen molar-refractivity contribution in [2.24, 2.45) is 0 Å². The van der Waals surface area contributed by atoms with E-state index in [0.717, 1.165) is 0 Å². The fourth-order valence-corrected chi connectivity index (χ4v) is 2.09. The highest BCUT2D eigenvalue weighted by Gasteiger charge is 2.38. The van der Waals surface area contributed by atoms with E-state index >= 15 is 0 Å². The molecular weight excluding hydrogens is 122 g/mol. The Bertz CT molecular complexity index is 156. The van der Waals surface area contributed by atoms with Crippen molar-refractivity contribution in [1.82, 2.24) is 5.32 Å². The molecule has 2 fully saturated rings. The van der Waals surface area contributed by atoms with E-state index < -0.39 is 0 Å². The molecule has 56 valence electrons. The third kappa shape index (κ3) is 0.891. The van der Waals surface area contributed by atoms with Gasteiger partial charge in [0, 0.05) is 5.54 Å². The summed E-state index contributed by atoms with van der Waals surface area (Å²) in [6.45, 7) is 5.22. The molecule has 1 saturated heterocycles. The minimum Gasteiger partial charge on any atom is -0.311 e. The lowest BCUT2D eigenvalue weighted by Gasteiger charge is -2.46. The third-order valence-electron chi connectivity index (χ3n) is 2.88. The molecule has 1 heteroatoms. The Labute approximate surface area is 62.5 Å². The van der Waals surface area contributed by atoms with Crippen LogP contribution < -0.4 is 5.32 Å². The van der Waals surface area contributed by atoms with Gasteiger partial charge in [-0.15, -0.1) is 0 Å². The van der Waals surface area contributed by atoms with Crippen molar-refractivity contribution in [3.63, 3.8) is 0 Å². The van der Waals surface area contributed by atoms with Crippen LogP contribution in [0.4, 0.5) is 0 Å². The molecule has 1 heterocycles. The van der Waals surface area contributed by atoms with Crippen molar-refractivity contribution in [2.45, 2.75) is 37.6 Å². The zero-order valence-electron chi connectivity index (χ0n) is 6.45.